The Bertz CT molecular complexity index is 536. The molecule has 0 N–H and O–H groups in total. The van der Waals surface area contributed by atoms with Gasteiger partial charge in [0.05, 0.1) is 24.1 Å². The molecule has 2 aromatic rings. The first-order chi connectivity index (χ1) is 9.15. The SMILES string of the molecule is CC(C)OC(=O)c1ccc(C[n+]2ccncc2)cc1. The van der Waals surface area contributed by atoms with Gasteiger partial charge in [0.2, 0.25) is 0 Å². The molecule has 0 aliphatic carbocycles. The summed E-state index contributed by atoms with van der Waals surface area (Å²) >= 11 is 0. The van der Waals surface area contributed by atoms with Crippen molar-refractivity contribution in [2.45, 2.75) is 26.5 Å². The van der Waals surface area contributed by atoms with Crippen LogP contribution in [0.5, 0.6) is 0 Å². The average molecular weight is 257 g/mol. The van der Waals surface area contributed by atoms with Crippen molar-refractivity contribution >= 4 is 5.97 Å². The highest BCUT2D eigenvalue weighted by Crippen LogP contribution is 2.07. The minimum atomic E-state index is -0.280. The van der Waals surface area contributed by atoms with Gasteiger partial charge in [-0.25, -0.2) is 4.79 Å². The number of carbonyl (C=O) groups is 1. The van der Waals surface area contributed by atoms with Crippen molar-refractivity contribution in [2.24, 2.45) is 0 Å². The van der Waals surface area contributed by atoms with E-state index in [1.165, 1.54) is 0 Å². The van der Waals surface area contributed by atoms with Gasteiger partial charge in [0.25, 0.3) is 0 Å². The van der Waals surface area contributed by atoms with E-state index in [2.05, 4.69) is 4.98 Å². The quantitative estimate of drug-likeness (QED) is 0.621. The molecule has 0 spiro atoms. The monoisotopic (exact) mass is 257 g/mol. The summed E-state index contributed by atoms with van der Waals surface area (Å²) in [5.74, 6) is -0.280. The van der Waals surface area contributed by atoms with E-state index >= 15 is 0 Å². The van der Waals surface area contributed by atoms with Crippen molar-refractivity contribution in [1.82, 2.24) is 4.98 Å². The Morgan fingerprint density at radius 1 is 1.21 bits per heavy atom. The van der Waals surface area contributed by atoms with Gasteiger partial charge in [-0.15, -0.1) is 0 Å². The van der Waals surface area contributed by atoms with Crippen LogP contribution in [0, 0.1) is 0 Å². The lowest BCUT2D eigenvalue weighted by Crippen LogP contribution is -2.33. The largest absolute Gasteiger partial charge is 0.459 e. The second-order valence-corrected chi connectivity index (χ2v) is 4.57. The zero-order valence-corrected chi connectivity index (χ0v) is 11.1. The molecule has 0 fully saturated rings. The van der Waals surface area contributed by atoms with Gasteiger partial charge in [0, 0.05) is 5.56 Å². The van der Waals surface area contributed by atoms with Crippen LogP contribution in [-0.4, -0.2) is 17.1 Å². The molecule has 0 amide bonds. The predicted octanol–water partition coefficient (Wildman–Crippen LogP) is 1.98. The van der Waals surface area contributed by atoms with Crippen LogP contribution < -0.4 is 4.57 Å². The average Bonchev–Trinajstić information content (AvgIpc) is 2.40. The fourth-order valence-electron chi connectivity index (χ4n) is 1.69. The van der Waals surface area contributed by atoms with Crippen LogP contribution in [0.3, 0.4) is 0 Å². The third kappa shape index (κ3) is 3.88. The summed E-state index contributed by atoms with van der Waals surface area (Å²) < 4.78 is 7.16. The molecule has 98 valence electrons. The molecule has 0 radical (unpaired) electrons. The Morgan fingerprint density at radius 2 is 1.84 bits per heavy atom. The maximum atomic E-state index is 11.7. The van der Waals surface area contributed by atoms with E-state index in [1.807, 2.05) is 42.9 Å². The molecule has 1 heterocycles. The van der Waals surface area contributed by atoms with E-state index < -0.39 is 0 Å². The minimum absolute atomic E-state index is 0.0976. The van der Waals surface area contributed by atoms with Crippen molar-refractivity contribution in [3.05, 3.63) is 60.2 Å². The van der Waals surface area contributed by atoms with Crippen LogP contribution in [0.2, 0.25) is 0 Å². The van der Waals surface area contributed by atoms with E-state index in [9.17, 15) is 4.79 Å². The molecule has 1 aromatic heterocycles. The second kappa shape index (κ2) is 6.09. The summed E-state index contributed by atoms with van der Waals surface area (Å²) in [4.78, 5) is 15.7. The summed E-state index contributed by atoms with van der Waals surface area (Å²) in [5, 5.41) is 0. The molecular weight excluding hydrogens is 240 g/mol. The Labute approximate surface area is 112 Å². The maximum Gasteiger partial charge on any atom is 0.338 e. The molecule has 4 heteroatoms. The van der Waals surface area contributed by atoms with Crippen LogP contribution in [0.1, 0.15) is 29.8 Å². The summed E-state index contributed by atoms with van der Waals surface area (Å²) in [7, 11) is 0. The first-order valence-electron chi connectivity index (χ1n) is 6.24. The predicted molar refractivity (Wildman–Crippen MR) is 70.5 cm³/mol. The van der Waals surface area contributed by atoms with Gasteiger partial charge in [0.1, 0.15) is 0 Å². The Kier molecular flexibility index (Phi) is 4.23. The molecule has 19 heavy (non-hydrogen) atoms. The number of aromatic nitrogens is 2. The summed E-state index contributed by atoms with van der Waals surface area (Å²) in [6, 6.07) is 7.46. The van der Waals surface area contributed by atoms with E-state index in [1.54, 1.807) is 24.5 Å². The van der Waals surface area contributed by atoms with Crippen molar-refractivity contribution in [3.63, 3.8) is 0 Å². The highest BCUT2D eigenvalue weighted by atomic mass is 16.5. The third-order valence-electron chi connectivity index (χ3n) is 2.59. The topological polar surface area (TPSA) is 43.1 Å². The van der Waals surface area contributed by atoms with Gasteiger partial charge in [-0.05, 0) is 26.0 Å². The normalized spacial score (nSPS) is 10.5. The number of rotatable bonds is 4. The molecule has 2 rings (SSSR count). The summed E-state index contributed by atoms with van der Waals surface area (Å²) in [5.41, 5.74) is 1.70. The third-order valence-corrected chi connectivity index (χ3v) is 2.59. The number of hydrogen-bond acceptors (Lipinski definition) is 3. The molecule has 0 atom stereocenters. The van der Waals surface area contributed by atoms with Crippen LogP contribution in [0.15, 0.2) is 49.1 Å². The van der Waals surface area contributed by atoms with Gasteiger partial charge in [0.15, 0.2) is 18.9 Å². The molecule has 0 saturated heterocycles. The summed E-state index contributed by atoms with van der Waals surface area (Å²) in [6.07, 6.45) is 7.20. The Balaban J connectivity index is 2.04. The lowest BCUT2D eigenvalue weighted by molar-refractivity contribution is -0.688. The Hall–Kier alpha value is -2.23. The van der Waals surface area contributed by atoms with Crippen molar-refractivity contribution in [1.29, 1.82) is 0 Å². The number of benzene rings is 1. The van der Waals surface area contributed by atoms with Gasteiger partial charge in [-0.2, -0.15) is 4.57 Å². The molecule has 0 saturated carbocycles. The number of esters is 1. The van der Waals surface area contributed by atoms with Gasteiger partial charge in [-0.3, -0.25) is 4.98 Å². The molecule has 0 unspecified atom stereocenters. The highest BCUT2D eigenvalue weighted by molar-refractivity contribution is 5.89. The number of carbonyl (C=O) groups excluding carboxylic acids is 1. The van der Waals surface area contributed by atoms with Crippen LogP contribution >= 0.6 is 0 Å². The van der Waals surface area contributed by atoms with Gasteiger partial charge in [-0.1, -0.05) is 12.1 Å². The van der Waals surface area contributed by atoms with Crippen LogP contribution in [0.4, 0.5) is 0 Å². The fraction of sp³-hybridized carbons (Fsp3) is 0.267. The van der Waals surface area contributed by atoms with Crippen LogP contribution in [-0.2, 0) is 11.3 Å². The molecule has 0 aliphatic heterocycles. The van der Waals surface area contributed by atoms with Gasteiger partial charge >= 0.3 is 5.97 Å². The lowest BCUT2D eigenvalue weighted by Gasteiger charge is -2.07. The van der Waals surface area contributed by atoms with Gasteiger partial charge < -0.3 is 4.74 Å². The highest BCUT2D eigenvalue weighted by Gasteiger charge is 2.09. The number of hydrogen-bond donors (Lipinski definition) is 0. The smallest absolute Gasteiger partial charge is 0.338 e. The fourth-order valence-corrected chi connectivity index (χ4v) is 1.69. The lowest BCUT2D eigenvalue weighted by atomic mass is 10.1. The molecule has 1 aromatic carbocycles. The Morgan fingerprint density at radius 3 is 2.42 bits per heavy atom. The maximum absolute atomic E-state index is 11.7. The van der Waals surface area contributed by atoms with Crippen LogP contribution in [0.25, 0.3) is 0 Å². The van der Waals surface area contributed by atoms with Crippen molar-refractivity contribution in [3.8, 4) is 0 Å². The minimum Gasteiger partial charge on any atom is -0.459 e. The van der Waals surface area contributed by atoms with E-state index in [4.69, 9.17) is 4.74 Å². The first-order valence-corrected chi connectivity index (χ1v) is 6.24. The van der Waals surface area contributed by atoms with E-state index in [0.29, 0.717) is 5.56 Å². The standard InChI is InChI=1S/C15H17N2O2/c1-12(2)19-15(18)14-5-3-13(4-6-14)11-17-9-7-16-8-10-17/h3-10,12H,11H2,1-2H3/q+1. The molecular formula is C15H17N2O2+. The second-order valence-electron chi connectivity index (χ2n) is 4.57. The molecule has 0 aliphatic rings. The zero-order chi connectivity index (χ0) is 13.7. The zero-order valence-electron chi connectivity index (χ0n) is 11.1. The molecule has 0 bridgehead atoms. The number of ether oxygens (including phenoxy) is 1. The molecule has 4 nitrogen and oxygen atoms in total. The number of nitrogens with zero attached hydrogens (tertiary/aromatic N) is 2. The summed E-state index contributed by atoms with van der Waals surface area (Å²) in [6.45, 7) is 4.43. The first kappa shape index (κ1) is 13.2. The van der Waals surface area contributed by atoms with E-state index in [-0.39, 0.29) is 12.1 Å². The van der Waals surface area contributed by atoms with Crippen molar-refractivity contribution < 1.29 is 14.1 Å². The van der Waals surface area contributed by atoms with E-state index in [0.717, 1.165) is 12.1 Å². The van der Waals surface area contributed by atoms with Crippen molar-refractivity contribution in [2.75, 3.05) is 0 Å².